The van der Waals surface area contributed by atoms with E-state index in [9.17, 15) is 28.9 Å². The van der Waals surface area contributed by atoms with Crippen LogP contribution in [0.2, 0.25) is 0 Å². The maximum Gasteiger partial charge on any atom is 0.270 e. The van der Waals surface area contributed by atoms with Gasteiger partial charge in [-0.25, -0.2) is 4.39 Å². The molecule has 0 unspecified atom stereocenters. The lowest BCUT2D eigenvalue weighted by Crippen LogP contribution is -2.37. The molecular weight excluding hydrogens is 345 g/mol. The molecule has 0 fully saturated rings. The summed E-state index contributed by atoms with van der Waals surface area (Å²) < 4.78 is 13.8. The molecule has 3 amide bonds. The Balaban J connectivity index is 1.78. The maximum atomic E-state index is 13.8. The number of aryl methyl sites for hydroxylation is 1. The molecule has 2 aromatic carbocycles. The van der Waals surface area contributed by atoms with Crippen LogP contribution in [0.1, 0.15) is 26.3 Å². The van der Waals surface area contributed by atoms with Crippen LogP contribution in [0, 0.1) is 22.9 Å². The number of halogens is 1. The Bertz CT molecular complexity index is 973. The van der Waals surface area contributed by atoms with Crippen LogP contribution in [0.25, 0.3) is 0 Å². The number of non-ortho nitro benzene ring substituents is 1. The average molecular weight is 357 g/mol. The van der Waals surface area contributed by atoms with Crippen molar-refractivity contribution in [2.24, 2.45) is 0 Å². The third kappa shape index (κ3) is 3.02. The van der Waals surface area contributed by atoms with Gasteiger partial charge in [-0.2, -0.15) is 0 Å². The second-order valence-corrected chi connectivity index (χ2v) is 5.71. The number of nitro groups is 1. The molecule has 8 nitrogen and oxygen atoms in total. The van der Waals surface area contributed by atoms with Crippen molar-refractivity contribution in [1.29, 1.82) is 0 Å². The zero-order valence-electron chi connectivity index (χ0n) is 13.5. The van der Waals surface area contributed by atoms with Gasteiger partial charge in [-0.05, 0) is 30.7 Å². The molecule has 0 spiro atoms. The lowest BCUT2D eigenvalue weighted by molar-refractivity contribution is -0.384. The van der Waals surface area contributed by atoms with Crippen molar-refractivity contribution in [3.8, 4) is 0 Å². The molecule has 1 aliphatic rings. The minimum Gasteiger partial charge on any atom is -0.322 e. The highest BCUT2D eigenvalue weighted by Gasteiger charge is 2.37. The fourth-order valence-corrected chi connectivity index (χ4v) is 2.59. The van der Waals surface area contributed by atoms with Crippen LogP contribution in [-0.4, -0.2) is 34.1 Å². The summed E-state index contributed by atoms with van der Waals surface area (Å²) in [5.74, 6) is -2.96. The summed E-state index contributed by atoms with van der Waals surface area (Å²) >= 11 is 0. The Kier molecular flexibility index (Phi) is 4.21. The Morgan fingerprint density at radius 2 is 1.85 bits per heavy atom. The fourth-order valence-electron chi connectivity index (χ4n) is 2.59. The maximum absolute atomic E-state index is 13.8. The van der Waals surface area contributed by atoms with Crippen LogP contribution in [-0.2, 0) is 4.79 Å². The number of carbonyl (C=O) groups excluding carboxylic acids is 3. The molecule has 0 saturated carbocycles. The number of imide groups is 1. The minimum atomic E-state index is -0.812. The molecule has 9 heteroatoms. The number of carbonyl (C=O) groups is 3. The van der Waals surface area contributed by atoms with E-state index in [1.54, 1.807) is 13.0 Å². The van der Waals surface area contributed by atoms with E-state index < -0.39 is 35.0 Å². The summed E-state index contributed by atoms with van der Waals surface area (Å²) in [5.41, 5.74) is 0.0987. The SMILES string of the molecule is Cc1ccc(NC(=O)CN2C(=O)c3ccc([N+](=O)[O-])cc3C2=O)c(F)c1. The number of benzene rings is 2. The number of fused-ring (bicyclic) bond motifs is 1. The number of hydrogen-bond donors (Lipinski definition) is 1. The number of rotatable bonds is 4. The van der Waals surface area contributed by atoms with Crippen molar-refractivity contribution in [2.45, 2.75) is 6.92 Å². The van der Waals surface area contributed by atoms with E-state index in [1.807, 2.05) is 0 Å². The molecule has 0 aliphatic carbocycles. The first-order valence-corrected chi connectivity index (χ1v) is 7.48. The van der Waals surface area contributed by atoms with Crippen LogP contribution < -0.4 is 5.32 Å². The standard InChI is InChI=1S/C17H12FN3O5/c1-9-2-5-14(13(18)6-9)19-15(22)8-20-16(23)11-4-3-10(21(25)26)7-12(11)17(20)24/h2-7H,8H2,1H3,(H,19,22). The lowest BCUT2D eigenvalue weighted by Gasteiger charge is -2.14. The first-order valence-electron chi connectivity index (χ1n) is 7.48. The Labute approximate surface area is 146 Å². The van der Waals surface area contributed by atoms with Crippen molar-refractivity contribution in [3.63, 3.8) is 0 Å². The van der Waals surface area contributed by atoms with E-state index in [4.69, 9.17) is 0 Å². The van der Waals surface area contributed by atoms with Crippen molar-refractivity contribution < 1.29 is 23.7 Å². The second kappa shape index (κ2) is 6.36. The summed E-state index contributed by atoms with van der Waals surface area (Å²) in [7, 11) is 0. The minimum absolute atomic E-state index is 0.0186. The molecule has 0 aromatic heterocycles. The van der Waals surface area contributed by atoms with Crippen molar-refractivity contribution in [1.82, 2.24) is 4.90 Å². The van der Waals surface area contributed by atoms with Gasteiger partial charge in [0.05, 0.1) is 21.7 Å². The molecule has 0 bridgehead atoms. The van der Waals surface area contributed by atoms with E-state index in [1.165, 1.54) is 18.2 Å². The number of amides is 3. The zero-order chi connectivity index (χ0) is 19.0. The summed E-state index contributed by atoms with van der Waals surface area (Å²) in [4.78, 5) is 47.4. The lowest BCUT2D eigenvalue weighted by atomic mass is 10.1. The van der Waals surface area contributed by atoms with Gasteiger partial charge in [0.1, 0.15) is 12.4 Å². The Morgan fingerprint density at radius 3 is 2.50 bits per heavy atom. The molecular formula is C17H12FN3O5. The average Bonchev–Trinajstić information content (AvgIpc) is 2.82. The van der Waals surface area contributed by atoms with Crippen LogP contribution in [0.3, 0.4) is 0 Å². The van der Waals surface area contributed by atoms with Crippen LogP contribution in [0.5, 0.6) is 0 Å². The molecule has 26 heavy (non-hydrogen) atoms. The molecule has 1 heterocycles. The largest absolute Gasteiger partial charge is 0.322 e. The van der Waals surface area contributed by atoms with Gasteiger partial charge in [-0.3, -0.25) is 29.4 Å². The van der Waals surface area contributed by atoms with Crippen molar-refractivity contribution >= 4 is 29.1 Å². The van der Waals surface area contributed by atoms with Crippen LogP contribution in [0.15, 0.2) is 36.4 Å². The molecule has 0 saturated heterocycles. The third-order valence-corrected chi connectivity index (χ3v) is 3.87. The van der Waals surface area contributed by atoms with Gasteiger partial charge < -0.3 is 5.32 Å². The molecule has 0 atom stereocenters. The quantitative estimate of drug-likeness (QED) is 0.513. The summed E-state index contributed by atoms with van der Waals surface area (Å²) in [6.45, 7) is 1.06. The number of anilines is 1. The van der Waals surface area contributed by atoms with Gasteiger partial charge in [0, 0.05) is 12.1 Å². The molecule has 1 N–H and O–H groups in total. The normalized spacial score (nSPS) is 12.9. The molecule has 0 radical (unpaired) electrons. The number of nitrogens with one attached hydrogen (secondary N) is 1. The molecule has 3 rings (SSSR count). The predicted octanol–water partition coefficient (Wildman–Crippen LogP) is 2.28. The van der Waals surface area contributed by atoms with E-state index in [2.05, 4.69) is 5.32 Å². The van der Waals surface area contributed by atoms with Gasteiger partial charge in [0.2, 0.25) is 5.91 Å². The van der Waals surface area contributed by atoms with Gasteiger partial charge in [0.25, 0.3) is 17.5 Å². The van der Waals surface area contributed by atoms with Crippen LogP contribution in [0.4, 0.5) is 15.8 Å². The van der Waals surface area contributed by atoms with Gasteiger partial charge in [-0.15, -0.1) is 0 Å². The highest BCUT2D eigenvalue weighted by molar-refractivity contribution is 6.23. The first-order chi connectivity index (χ1) is 12.3. The highest BCUT2D eigenvalue weighted by Crippen LogP contribution is 2.26. The summed E-state index contributed by atoms with van der Waals surface area (Å²) in [6.07, 6.45) is 0. The van der Waals surface area contributed by atoms with E-state index in [-0.39, 0.29) is 22.5 Å². The first kappa shape index (κ1) is 17.2. The number of nitrogens with zero attached hydrogens (tertiary/aromatic N) is 2. The zero-order valence-corrected chi connectivity index (χ0v) is 13.5. The van der Waals surface area contributed by atoms with Gasteiger partial charge in [-0.1, -0.05) is 6.07 Å². The predicted molar refractivity (Wildman–Crippen MR) is 88.2 cm³/mol. The number of nitro benzene ring substituents is 1. The van der Waals surface area contributed by atoms with Gasteiger partial charge >= 0.3 is 0 Å². The Morgan fingerprint density at radius 1 is 1.15 bits per heavy atom. The monoisotopic (exact) mass is 357 g/mol. The highest BCUT2D eigenvalue weighted by atomic mass is 19.1. The van der Waals surface area contributed by atoms with E-state index in [0.717, 1.165) is 12.1 Å². The smallest absolute Gasteiger partial charge is 0.270 e. The van der Waals surface area contributed by atoms with Crippen molar-refractivity contribution in [2.75, 3.05) is 11.9 Å². The summed E-state index contributed by atoms with van der Waals surface area (Å²) in [5, 5.41) is 13.1. The topological polar surface area (TPSA) is 110 Å². The molecule has 1 aliphatic heterocycles. The molecule has 2 aromatic rings. The third-order valence-electron chi connectivity index (χ3n) is 3.87. The van der Waals surface area contributed by atoms with E-state index >= 15 is 0 Å². The fraction of sp³-hybridized carbons (Fsp3) is 0.118. The summed E-state index contributed by atoms with van der Waals surface area (Å²) in [6, 6.07) is 7.47. The van der Waals surface area contributed by atoms with Gasteiger partial charge in [0.15, 0.2) is 0 Å². The van der Waals surface area contributed by atoms with Crippen molar-refractivity contribution in [3.05, 3.63) is 69.0 Å². The molecule has 132 valence electrons. The van der Waals surface area contributed by atoms with Crippen LogP contribution >= 0.6 is 0 Å². The Hall–Kier alpha value is -3.62. The number of hydrogen-bond acceptors (Lipinski definition) is 5. The second-order valence-electron chi connectivity index (χ2n) is 5.71. The van der Waals surface area contributed by atoms with E-state index in [0.29, 0.717) is 10.5 Å².